The highest BCUT2D eigenvalue weighted by Crippen LogP contribution is 2.62. The first kappa shape index (κ1) is 83.2. The van der Waals surface area contributed by atoms with Gasteiger partial charge in [0.1, 0.15) is 28.5 Å². The van der Waals surface area contributed by atoms with E-state index in [4.69, 9.17) is 24.1 Å². The third-order valence-corrected chi connectivity index (χ3v) is 17.8. The maximum absolute atomic E-state index is 12.8. The monoisotopic (exact) mass is 1270 g/mol. The topological polar surface area (TPSA) is 108 Å². The molecule has 438 valence electrons. The van der Waals surface area contributed by atoms with Gasteiger partial charge >= 0.3 is 17.9 Å². The van der Waals surface area contributed by atoms with Crippen molar-refractivity contribution in [3.05, 3.63) is 49.1 Å². The second-order valence-corrected chi connectivity index (χ2v) is 24.8. The van der Waals surface area contributed by atoms with Crippen LogP contribution in [-0.2, 0) is 23.9 Å². The molecular weight excluding hydrogens is 1150 g/mol. The first-order valence-corrected chi connectivity index (χ1v) is 27.4. The Morgan fingerprint density at radius 3 is 1.32 bits per heavy atom. The fraction of sp³-hybridized carbons (Fsp3) is 0.766. The summed E-state index contributed by atoms with van der Waals surface area (Å²) < 4.78 is 24.8. The van der Waals surface area contributed by atoms with Gasteiger partial charge in [0.15, 0.2) is 0 Å². The average molecular weight is 1270 g/mol. The van der Waals surface area contributed by atoms with Gasteiger partial charge in [-0.05, 0) is 241 Å². The lowest BCUT2D eigenvalue weighted by Gasteiger charge is -2.62. The van der Waals surface area contributed by atoms with Crippen molar-refractivity contribution in [1.29, 1.82) is 0 Å². The summed E-state index contributed by atoms with van der Waals surface area (Å²) in [4.78, 5) is 36.9. The number of aromatic hydroxyl groups is 1. The smallest absolute Gasteiger partial charge is 0.316 e. The zero-order valence-corrected chi connectivity index (χ0v) is 48.1. The fourth-order valence-corrected chi connectivity index (χ4v) is 12.2. The van der Waals surface area contributed by atoms with E-state index in [1.807, 2.05) is 79.7 Å². The number of carbonyl (C=O) groups is 3. The number of phenols is 1. The molecule has 0 amide bonds. The third kappa shape index (κ3) is 20.9. The number of esters is 3. The normalized spacial score (nSPS) is 20.8. The summed E-state index contributed by atoms with van der Waals surface area (Å²) in [6.45, 7) is 31.1. The summed E-state index contributed by atoms with van der Waals surface area (Å²) in [5.74, 6) is 6.04. The van der Waals surface area contributed by atoms with Gasteiger partial charge in [-0.2, -0.15) is 0 Å². The van der Waals surface area contributed by atoms with Crippen molar-refractivity contribution in [2.45, 2.75) is 264 Å². The molecule has 5 aliphatic rings. The van der Waals surface area contributed by atoms with Crippen LogP contribution in [0.2, 0.25) is 0 Å². The van der Waals surface area contributed by atoms with Gasteiger partial charge in [-0.15, -0.1) is 0 Å². The molecule has 0 saturated heterocycles. The fourth-order valence-electron chi connectivity index (χ4n) is 10.0. The van der Waals surface area contributed by atoms with Gasteiger partial charge in [0.05, 0.1) is 30.5 Å². The second-order valence-electron chi connectivity index (χ2n) is 22.4. The van der Waals surface area contributed by atoms with Gasteiger partial charge in [-0.25, -0.2) is 0 Å². The van der Waals surface area contributed by atoms with Crippen molar-refractivity contribution < 1.29 is 38.4 Å². The number of halogens is 2. The summed E-state index contributed by atoms with van der Waals surface area (Å²) in [6, 6.07) is 11.0. The van der Waals surface area contributed by atoms with Crippen molar-refractivity contribution in [3.63, 3.8) is 0 Å². The molecule has 1 atom stereocenters. The molecule has 10 heteroatoms. The van der Waals surface area contributed by atoms with Crippen LogP contribution in [0.25, 0.3) is 0 Å². The van der Waals surface area contributed by atoms with Crippen molar-refractivity contribution in [2.24, 2.45) is 51.8 Å². The molecule has 1 N–H and O–H groups in total. The molecule has 5 aliphatic carbocycles. The van der Waals surface area contributed by atoms with E-state index in [0.717, 1.165) is 63.3 Å². The minimum atomic E-state index is -0.462. The molecule has 0 heterocycles. The highest BCUT2D eigenvalue weighted by Gasteiger charge is 2.61. The van der Waals surface area contributed by atoms with Crippen LogP contribution >= 0.6 is 45.2 Å². The lowest BCUT2D eigenvalue weighted by molar-refractivity contribution is -0.231. The number of hydrogen-bond acceptors (Lipinski definition) is 8. The quantitative estimate of drug-likeness (QED) is 0.113. The Kier molecular flexibility index (Phi) is 39.8. The average Bonchev–Trinajstić information content (AvgIpc) is 3.75. The van der Waals surface area contributed by atoms with Crippen molar-refractivity contribution in [3.8, 4) is 17.2 Å². The second kappa shape index (κ2) is 35.4. The van der Waals surface area contributed by atoms with Gasteiger partial charge in [0.25, 0.3) is 0 Å². The van der Waals surface area contributed by atoms with Crippen molar-refractivity contribution in [1.82, 2.24) is 0 Å². The summed E-state index contributed by atoms with van der Waals surface area (Å²) in [5, 5.41) is 9.01. The van der Waals surface area contributed by atoms with E-state index < -0.39 is 5.41 Å². The molecule has 2 aromatic carbocycles. The molecule has 0 radical (unpaired) electrons. The van der Waals surface area contributed by atoms with E-state index in [1.54, 1.807) is 19.2 Å². The first-order valence-electron chi connectivity index (χ1n) is 25.2. The number of phenolic OH excluding ortho intramolecular Hbond substituents is 1. The Morgan fingerprint density at radius 1 is 0.608 bits per heavy atom. The van der Waals surface area contributed by atoms with E-state index >= 15 is 0 Å². The maximum atomic E-state index is 12.8. The zero-order chi connectivity index (χ0) is 50.0. The Balaban J connectivity index is -0.000000205. The summed E-state index contributed by atoms with van der Waals surface area (Å²) in [7, 11) is 1.63. The molecule has 0 aliphatic heterocycles. The van der Waals surface area contributed by atoms with Gasteiger partial charge < -0.3 is 24.1 Å². The summed E-state index contributed by atoms with van der Waals surface area (Å²) >= 11 is 4.34. The van der Waals surface area contributed by atoms with E-state index in [-0.39, 0.29) is 99.4 Å². The predicted octanol–water partition coefficient (Wildman–Crippen LogP) is 21.0. The van der Waals surface area contributed by atoms with Gasteiger partial charge in [-0.3, -0.25) is 14.4 Å². The van der Waals surface area contributed by atoms with Crippen LogP contribution < -0.4 is 9.47 Å². The molecule has 74 heavy (non-hydrogen) atoms. The number of hydrogen-bond donors (Lipinski definition) is 1. The standard InChI is InChI=1S/C19H32O2.C14H26O2.C13H16I2O3.C10H14O.8CH4/c1-6-18(4,5)17(20)21-19(12(2)3)15-8-13-7-14(10-15)11-16(19)9-13;1-6-13(4,5)12(15)16-14(11(2)3)9-7-8-10-14;1-5-13(2,3)12(16)18-8-6-9(14)11(17-4)10(15)7-8;1-3-8(2)9-4-6-10(11)7-5-9;;;;;;;;/h12-16H,6-11H2,1-5H3;11H,6-10H2,1-5H3;6-7H,5H2,1-4H3;4-8,11H,3H2,1-2H3;8*1H4. The number of rotatable bonds is 14. The molecule has 8 nitrogen and oxygen atoms in total. The van der Waals surface area contributed by atoms with Crippen LogP contribution in [0.4, 0.5) is 0 Å². The highest BCUT2D eigenvalue weighted by molar-refractivity contribution is 14.1. The molecule has 0 aromatic heterocycles. The molecule has 5 saturated carbocycles. The Bertz CT molecular complexity index is 1820. The number of methoxy groups -OCH3 is 1. The van der Waals surface area contributed by atoms with Crippen LogP contribution in [0.5, 0.6) is 17.2 Å². The Hall–Kier alpha value is -2.09. The lowest BCUT2D eigenvalue weighted by Crippen LogP contribution is -2.63. The number of ether oxygens (including phenoxy) is 4. The largest absolute Gasteiger partial charge is 0.508 e. The molecule has 4 bridgehead atoms. The van der Waals surface area contributed by atoms with Gasteiger partial charge in [-0.1, -0.05) is 134 Å². The number of benzene rings is 2. The minimum absolute atomic E-state index is 0. The van der Waals surface area contributed by atoms with Crippen LogP contribution in [0.1, 0.15) is 258 Å². The van der Waals surface area contributed by atoms with Crippen molar-refractivity contribution in [2.75, 3.05) is 7.11 Å². The predicted molar refractivity (Wildman–Crippen MR) is 340 cm³/mol. The molecule has 7 rings (SSSR count). The molecular formula is C64H120I2O8. The van der Waals surface area contributed by atoms with Crippen molar-refractivity contribution >= 4 is 63.1 Å². The number of carbonyl (C=O) groups excluding carboxylic acids is 3. The molecule has 5 fully saturated rings. The SMILES string of the molecule is C.C.C.C.C.C.C.C.CCC(C)(C)C(=O)OC1(C(C)C)C2CC3CC(C2)CC1C3.CCC(C)(C)C(=O)OC1(C(C)C)CCCC1.CCC(C)(C)C(=O)Oc1cc(I)c(OC)c(I)c1.CCC(C)c1ccc(O)cc1. The molecule has 0 spiro atoms. The van der Waals surface area contributed by atoms with E-state index in [9.17, 15) is 14.4 Å². The van der Waals surface area contributed by atoms with E-state index in [1.165, 1.54) is 50.5 Å². The van der Waals surface area contributed by atoms with Crippen LogP contribution in [0, 0.1) is 58.9 Å². The highest BCUT2D eigenvalue weighted by atomic mass is 127. The summed E-state index contributed by atoms with van der Waals surface area (Å²) in [6.07, 6.45) is 14.7. The van der Waals surface area contributed by atoms with Gasteiger partial charge in [0.2, 0.25) is 0 Å². The van der Waals surface area contributed by atoms with E-state index in [2.05, 4.69) is 93.6 Å². The van der Waals surface area contributed by atoms with E-state index in [0.29, 0.717) is 41.1 Å². The lowest BCUT2D eigenvalue weighted by atomic mass is 9.47. The van der Waals surface area contributed by atoms with Crippen LogP contribution in [0.15, 0.2) is 36.4 Å². The zero-order valence-electron chi connectivity index (χ0n) is 43.8. The Labute approximate surface area is 487 Å². The van der Waals surface area contributed by atoms with Crippen LogP contribution in [-0.4, -0.2) is 41.3 Å². The van der Waals surface area contributed by atoms with Crippen LogP contribution in [0.3, 0.4) is 0 Å². The Morgan fingerprint density at radius 2 is 0.986 bits per heavy atom. The summed E-state index contributed by atoms with van der Waals surface area (Å²) in [5.41, 5.74) is -0.205. The minimum Gasteiger partial charge on any atom is -0.508 e. The van der Waals surface area contributed by atoms with Gasteiger partial charge in [0, 0.05) is 0 Å². The third-order valence-electron chi connectivity index (χ3n) is 16.2. The first-order chi connectivity index (χ1) is 30.7. The molecule has 2 aromatic rings. The maximum Gasteiger partial charge on any atom is 0.316 e. The molecule has 1 unspecified atom stereocenters.